The quantitative estimate of drug-likeness (QED) is 0.149. The fourth-order valence-electron chi connectivity index (χ4n) is 11.0. The summed E-state index contributed by atoms with van der Waals surface area (Å²) in [7, 11) is 1.33. The molecule has 6 bridgehead atoms. The number of carbonyl (C=O) groups is 5. The first-order chi connectivity index (χ1) is 24.1. The van der Waals surface area contributed by atoms with Crippen LogP contribution in [0.3, 0.4) is 0 Å². The lowest BCUT2D eigenvalue weighted by Gasteiger charge is -2.35. The molecule has 8 aliphatic rings. The van der Waals surface area contributed by atoms with Gasteiger partial charge in [-0.2, -0.15) is 0 Å². The summed E-state index contributed by atoms with van der Waals surface area (Å²) in [5.74, 6) is 1.73. The van der Waals surface area contributed by atoms with Crippen LogP contribution < -0.4 is 0 Å². The molecule has 2 heterocycles. The van der Waals surface area contributed by atoms with E-state index in [0.717, 1.165) is 57.0 Å². The van der Waals surface area contributed by atoms with Gasteiger partial charge in [-0.1, -0.05) is 13.3 Å². The third kappa shape index (κ3) is 8.13. The Hall–Kier alpha value is -2.69. The van der Waals surface area contributed by atoms with E-state index in [1.807, 2.05) is 13.8 Å². The molecule has 1 N–H and O–H groups in total. The fourth-order valence-corrected chi connectivity index (χ4v) is 11.0. The lowest BCUT2D eigenvalue weighted by Crippen LogP contribution is -2.42. The van der Waals surface area contributed by atoms with E-state index in [0.29, 0.717) is 30.8 Å². The maximum Gasteiger partial charge on any atom is 0.312 e. The van der Waals surface area contributed by atoms with Gasteiger partial charge in [-0.25, -0.2) is 0 Å². The van der Waals surface area contributed by atoms with E-state index in [9.17, 15) is 19.2 Å². The number of fused-ring (bicyclic) bond motifs is 5. The summed E-state index contributed by atoms with van der Waals surface area (Å²) in [6.07, 6.45) is 12.8. The molecule has 6 saturated carbocycles. The van der Waals surface area contributed by atoms with E-state index in [1.165, 1.54) is 39.2 Å². The first kappa shape index (κ1) is 38.0. The molecule has 51 heavy (non-hydrogen) atoms. The second kappa shape index (κ2) is 15.0. The van der Waals surface area contributed by atoms with Gasteiger partial charge < -0.3 is 28.8 Å². The van der Waals surface area contributed by atoms with Crippen LogP contribution in [0.15, 0.2) is 0 Å². The maximum absolute atomic E-state index is 13.5. The molecule has 8 rings (SSSR count). The van der Waals surface area contributed by atoms with Crippen molar-refractivity contribution in [2.75, 3.05) is 13.7 Å². The number of hydrogen-bond donors (Lipinski definition) is 1. The Morgan fingerprint density at radius 1 is 0.843 bits per heavy atom. The standard InChI is InChI=1S/C29H42O8.C9H14O.C2H4O2/c1-6-29(4,27(33)37-22-17-11-19-20(12-17)25(31)36-23(19)22)14-18(24(30)34-5)13-28(2,3)26(32)35-21-10-15-7-8-16(21)9-15;1-2-7-3-6(1)4-8(7)9-5-10-9;1-2(3)4/h15-23H,6-14H2,1-5H3;6-9H,1-5H2;1H3,(H,3,4). The molecular formula is C40H60O11. The van der Waals surface area contributed by atoms with E-state index in [2.05, 4.69) is 0 Å². The molecule has 2 saturated heterocycles. The molecule has 6 aliphatic carbocycles. The van der Waals surface area contributed by atoms with Gasteiger partial charge >= 0.3 is 23.9 Å². The van der Waals surface area contributed by atoms with Gasteiger partial charge in [-0.15, -0.1) is 0 Å². The van der Waals surface area contributed by atoms with Crippen LogP contribution in [0.2, 0.25) is 0 Å². The predicted molar refractivity (Wildman–Crippen MR) is 184 cm³/mol. The number of hydrogen-bond acceptors (Lipinski definition) is 10. The van der Waals surface area contributed by atoms with Crippen molar-refractivity contribution >= 4 is 29.8 Å². The highest BCUT2D eigenvalue weighted by atomic mass is 16.6. The van der Waals surface area contributed by atoms with Gasteiger partial charge in [0.15, 0.2) is 0 Å². The van der Waals surface area contributed by atoms with Crippen LogP contribution in [-0.4, -0.2) is 73.1 Å². The number of rotatable bonds is 11. The van der Waals surface area contributed by atoms with Gasteiger partial charge in [0, 0.05) is 18.8 Å². The minimum Gasteiger partial charge on any atom is -0.481 e. The van der Waals surface area contributed by atoms with Gasteiger partial charge in [0.1, 0.15) is 18.3 Å². The normalized spacial score (nSPS) is 39.1. The monoisotopic (exact) mass is 716 g/mol. The number of carboxylic acids is 1. The highest BCUT2D eigenvalue weighted by molar-refractivity contribution is 5.81. The van der Waals surface area contributed by atoms with E-state index in [4.69, 9.17) is 33.6 Å². The smallest absolute Gasteiger partial charge is 0.312 e. The van der Waals surface area contributed by atoms with Gasteiger partial charge in [0.2, 0.25) is 0 Å². The molecule has 8 fully saturated rings. The van der Waals surface area contributed by atoms with E-state index < -0.39 is 34.8 Å². The number of epoxide rings is 1. The second-order valence-electron chi connectivity index (χ2n) is 18.0. The summed E-state index contributed by atoms with van der Waals surface area (Å²) in [5.41, 5.74) is -1.86. The van der Waals surface area contributed by atoms with E-state index in [-0.39, 0.29) is 60.7 Å². The van der Waals surface area contributed by atoms with Gasteiger partial charge in [-0.05, 0) is 127 Å². The zero-order valence-electron chi connectivity index (χ0n) is 31.4. The molecule has 0 aromatic carbocycles. The zero-order valence-corrected chi connectivity index (χ0v) is 31.4. The fraction of sp³-hybridized carbons (Fsp3) is 0.875. The summed E-state index contributed by atoms with van der Waals surface area (Å²) in [5, 5.41) is 7.42. The highest BCUT2D eigenvalue weighted by Gasteiger charge is 2.63. The summed E-state index contributed by atoms with van der Waals surface area (Å²) in [6.45, 7) is 9.48. The highest BCUT2D eigenvalue weighted by Crippen LogP contribution is 2.56. The molecule has 0 aromatic heterocycles. The molecule has 0 spiro atoms. The van der Waals surface area contributed by atoms with Crippen LogP contribution in [0.1, 0.15) is 118 Å². The maximum atomic E-state index is 13.5. The van der Waals surface area contributed by atoms with Crippen molar-refractivity contribution in [3.63, 3.8) is 0 Å². The van der Waals surface area contributed by atoms with Gasteiger partial charge in [-0.3, -0.25) is 24.0 Å². The zero-order chi connectivity index (χ0) is 36.8. The van der Waals surface area contributed by atoms with E-state index in [1.54, 1.807) is 13.8 Å². The number of esters is 4. The molecule has 11 nitrogen and oxygen atoms in total. The second-order valence-corrected chi connectivity index (χ2v) is 18.0. The molecule has 0 amide bonds. The Bertz CT molecular complexity index is 1340. The molecule has 14 unspecified atom stereocenters. The Kier molecular flexibility index (Phi) is 11.2. The van der Waals surface area contributed by atoms with Crippen LogP contribution in [0.4, 0.5) is 0 Å². The predicted octanol–water partition coefficient (Wildman–Crippen LogP) is 6.14. The number of methoxy groups -OCH3 is 1. The van der Waals surface area contributed by atoms with Crippen molar-refractivity contribution in [3.05, 3.63) is 0 Å². The van der Waals surface area contributed by atoms with Crippen LogP contribution in [0, 0.1) is 64.1 Å². The van der Waals surface area contributed by atoms with Crippen LogP contribution in [0.5, 0.6) is 0 Å². The third-order valence-corrected chi connectivity index (χ3v) is 14.0. The lowest BCUT2D eigenvalue weighted by molar-refractivity contribution is -0.174. The molecule has 11 heteroatoms. The molecule has 14 atom stereocenters. The summed E-state index contributed by atoms with van der Waals surface area (Å²) < 4.78 is 28.0. The molecule has 2 aliphatic heterocycles. The molecular weight excluding hydrogens is 656 g/mol. The average Bonchev–Trinajstić information content (AvgIpc) is 3.71. The molecule has 0 radical (unpaired) electrons. The minimum absolute atomic E-state index is 0.0241. The molecule has 0 aromatic rings. The number of aliphatic carboxylic acids is 1. The van der Waals surface area contributed by atoms with Crippen molar-refractivity contribution in [2.45, 2.75) is 143 Å². The summed E-state index contributed by atoms with van der Waals surface area (Å²) >= 11 is 0. The van der Waals surface area contributed by atoms with Crippen molar-refractivity contribution in [3.8, 4) is 0 Å². The summed E-state index contributed by atoms with van der Waals surface area (Å²) in [4.78, 5) is 60.7. The van der Waals surface area contributed by atoms with Crippen LogP contribution in [0.25, 0.3) is 0 Å². The topological polar surface area (TPSA) is 155 Å². The first-order valence-electron chi connectivity index (χ1n) is 19.6. The van der Waals surface area contributed by atoms with Crippen LogP contribution in [-0.2, 0) is 47.7 Å². The molecule has 286 valence electrons. The average molecular weight is 717 g/mol. The van der Waals surface area contributed by atoms with Crippen molar-refractivity contribution in [1.29, 1.82) is 0 Å². The number of carbonyl (C=O) groups excluding carboxylic acids is 4. The van der Waals surface area contributed by atoms with Gasteiger partial charge in [0.25, 0.3) is 5.97 Å². The number of carboxylic acid groups (broad SMARTS) is 1. The van der Waals surface area contributed by atoms with Crippen molar-refractivity contribution < 1.29 is 52.8 Å². The minimum atomic E-state index is -0.951. The van der Waals surface area contributed by atoms with Gasteiger partial charge in [0.05, 0.1) is 42.5 Å². The Balaban J connectivity index is 0.000000263. The Labute approximate surface area is 302 Å². The lowest BCUT2D eigenvalue weighted by atomic mass is 9.73. The Morgan fingerprint density at radius 3 is 2.02 bits per heavy atom. The SMILES string of the molecule is C1CC2CC1CC2C1CO1.CC(=O)O.CCC(C)(CC(CC(C)(C)C(=O)OC1CC2CCC1C2)C(=O)OC)C(=O)OC1C2CC3C(=O)OC1C3C2. The first-order valence-corrected chi connectivity index (χ1v) is 19.6. The number of ether oxygens (including phenoxy) is 5. The van der Waals surface area contributed by atoms with Crippen molar-refractivity contribution in [1.82, 2.24) is 0 Å². The van der Waals surface area contributed by atoms with E-state index >= 15 is 0 Å². The van der Waals surface area contributed by atoms with Crippen molar-refractivity contribution in [2.24, 2.45) is 64.1 Å². The largest absolute Gasteiger partial charge is 0.481 e. The third-order valence-electron chi connectivity index (χ3n) is 14.0. The Morgan fingerprint density at radius 2 is 1.49 bits per heavy atom. The van der Waals surface area contributed by atoms with Crippen LogP contribution >= 0.6 is 0 Å². The summed E-state index contributed by atoms with van der Waals surface area (Å²) in [6, 6.07) is 0.